The summed E-state index contributed by atoms with van der Waals surface area (Å²) in [5.74, 6) is -1.23. The van der Waals surface area contributed by atoms with Gasteiger partial charge in [0.1, 0.15) is 11.6 Å². The summed E-state index contributed by atoms with van der Waals surface area (Å²) in [5, 5.41) is 9.96. The number of carbonyl (C=O) groups excluding carboxylic acids is 1. The number of nitrogens with zero attached hydrogens (tertiary/aromatic N) is 1. The van der Waals surface area contributed by atoms with Crippen LogP contribution in [0.5, 0.6) is 0 Å². The van der Waals surface area contributed by atoms with Crippen LogP contribution >= 0.6 is 0 Å². The van der Waals surface area contributed by atoms with E-state index < -0.39 is 12.0 Å². The first kappa shape index (κ1) is 14.6. The van der Waals surface area contributed by atoms with Crippen molar-refractivity contribution >= 4 is 22.8 Å². The number of rotatable bonds is 4. The van der Waals surface area contributed by atoms with E-state index in [-0.39, 0.29) is 12.3 Å². The molecule has 1 heterocycles. The van der Waals surface area contributed by atoms with Crippen molar-refractivity contribution in [3.8, 4) is 0 Å². The molecule has 0 radical (unpaired) electrons. The number of carboxylic acids is 1. The SMILES string of the molecule is CC(C(=O)O)N(C)C(=O)Cc1coc2cc3c(cc12)CCC3. The van der Waals surface area contributed by atoms with Crippen molar-refractivity contribution in [2.75, 3.05) is 7.05 Å². The second-order valence-corrected chi connectivity index (χ2v) is 5.93. The molecule has 22 heavy (non-hydrogen) atoms. The van der Waals surface area contributed by atoms with Gasteiger partial charge in [-0.15, -0.1) is 0 Å². The lowest BCUT2D eigenvalue weighted by atomic mass is 10.0. The van der Waals surface area contributed by atoms with Crippen molar-refractivity contribution in [1.29, 1.82) is 0 Å². The zero-order valence-electron chi connectivity index (χ0n) is 12.8. The molecule has 1 aromatic carbocycles. The van der Waals surface area contributed by atoms with E-state index in [1.807, 2.05) is 0 Å². The summed E-state index contributed by atoms with van der Waals surface area (Å²) in [5.41, 5.74) is 4.28. The highest BCUT2D eigenvalue weighted by molar-refractivity contribution is 5.90. The summed E-state index contributed by atoms with van der Waals surface area (Å²) in [7, 11) is 1.51. The van der Waals surface area contributed by atoms with Crippen LogP contribution in [-0.2, 0) is 28.9 Å². The monoisotopic (exact) mass is 301 g/mol. The fraction of sp³-hybridized carbons (Fsp3) is 0.412. The number of furan rings is 1. The van der Waals surface area contributed by atoms with E-state index in [9.17, 15) is 9.59 Å². The van der Waals surface area contributed by atoms with Gasteiger partial charge >= 0.3 is 5.97 Å². The number of carbonyl (C=O) groups is 2. The summed E-state index contributed by atoms with van der Waals surface area (Å²) in [6.07, 6.45) is 5.07. The lowest BCUT2D eigenvalue weighted by Gasteiger charge is -2.21. The van der Waals surface area contributed by atoms with Crippen molar-refractivity contribution in [3.05, 3.63) is 35.1 Å². The van der Waals surface area contributed by atoms with Gasteiger partial charge in [0.15, 0.2) is 0 Å². The molecule has 2 aromatic rings. The van der Waals surface area contributed by atoms with Crippen LogP contribution in [0.2, 0.25) is 0 Å². The van der Waals surface area contributed by atoms with Crippen LogP contribution in [-0.4, -0.2) is 35.0 Å². The standard InChI is InChI=1S/C17H19NO4/c1-10(17(20)21)18(2)16(19)8-13-9-22-15-7-12-5-3-4-11(12)6-14(13)15/h6-7,9-10H,3-5,8H2,1-2H3,(H,20,21). The molecule has 3 rings (SSSR count). The highest BCUT2D eigenvalue weighted by atomic mass is 16.4. The fourth-order valence-corrected chi connectivity index (χ4v) is 2.95. The van der Waals surface area contributed by atoms with Gasteiger partial charge in [-0.05, 0) is 49.4 Å². The number of carboxylic acid groups (broad SMARTS) is 1. The minimum absolute atomic E-state index is 0.153. The highest BCUT2D eigenvalue weighted by Crippen LogP contribution is 2.30. The van der Waals surface area contributed by atoms with Crippen molar-refractivity contribution in [2.24, 2.45) is 0 Å². The van der Waals surface area contributed by atoms with E-state index in [0.717, 1.165) is 35.8 Å². The van der Waals surface area contributed by atoms with E-state index in [4.69, 9.17) is 9.52 Å². The molecule has 1 amide bonds. The van der Waals surface area contributed by atoms with E-state index >= 15 is 0 Å². The normalized spacial score (nSPS) is 14.8. The minimum Gasteiger partial charge on any atom is -0.480 e. The second-order valence-electron chi connectivity index (χ2n) is 5.93. The molecule has 1 aliphatic rings. The lowest BCUT2D eigenvalue weighted by Crippen LogP contribution is -2.40. The Bertz CT molecular complexity index is 746. The molecule has 0 saturated carbocycles. The van der Waals surface area contributed by atoms with E-state index in [1.165, 1.54) is 30.0 Å². The largest absolute Gasteiger partial charge is 0.480 e. The third-order valence-electron chi connectivity index (χ3n) is 4.54. The Labute approximate surface area is 128 Å². The average molecular weight is 301 g/mol. The van der Waals surface area contributed by atoms with Gasteiger partial charge in [-0.2, -0.15) is 0 Å². The van der Waals surface area contributed by atoms with Gasteiger partial charge < -0.3 is 14.4 Å². The molecule has 1 aliphatic carbocycles. The topological polar surface area (TPSA) is 70.8 Å². The second kappa shape index (κ2) is 5.48. The van der Waals surface area contributed by atoms with Crippen LogP contribution in [0.4, 0.5) is 0 Å². The molecule has 0 aliphatic heterocycles. The summed E-state index contributed by atoms with van der Waals surface area (Å²) >= 11 is 0. The van der Waals surface area contributed by atoms with Gasteiger partial charge in [-0.3, -0.25) is 4.79 Å². The maximum absolute atomic E-state index is 12.3. The maximum Gasteiger partial charge on any atom is 0.326 e. The third kappa shape index (κ3) is 2.47. The molecule has 5 nitrogen and oxygen atoms in total. The van der Waals surface area contributed by atoms with Gasteiger partial charge in [0.25, 0.3) is 0 Å². The van der Waals surface area contributed by atoms with Crippen LogP contribution in [0.15, 0.2) is 22.8 Å². The van der Waals surface area contributed by atoms with Crippen LogP contribution in [0.25, 0.3) is 11.0 Å². The predicted molar refractivity (Wildman–Crippen MR) is 81.8 cm³/mol. The number of amides is 1. The molecule has 1 aromatic heterocycles. The first-order valence-corrected chi connectivity index (χ1v) is 7.47. The molecule has 0 spiro atoms. The zero-order valence-corrected chi connectivity index (χ0v) is 12.8. The predicted octanol–water partition coefficient (Wildman–Crippen LogP) is 2.40. The van der Waals surface area contributed by atoms with Crippen LogP contribution in [0.1, 0.15) is 30.0 Å². The fourth-order valence-electron chi connectivity index (χ4n) is 2.95. The van der Waals surface area contributed by atoms with Gasteiger partial charge in [0.05, 0.1) is 12.7 Å². The summed E-state index contributed by atoms with van der Waals surface area (Å²) in [4.78, 5) is 24.5. The average Bonchev–Trinajstić information content (AvgIpc) is 3.10. The molecule has 0 fully saturated rings. The van der Waals surface area contributed by atoms with Crippen molar-refractivity contribution in [3.63, 3.8) is 0 Å². The number of hydrogen-bond acceptors (Lipinski definition) is 3. The molecule has 1 atom stereocenters. The Hall–Kier alpha value is -2.30. The molecule has 0 bridgehead atoms. The van der Waals surface area contributed by atoms with Gasteiger partial charge in [0, 0.05) is 18.0 Å². The lowest BCUT2D eigenvalue weighted by molar-refractivity contribution is -0.147. The van der Waals surface area contributed by atoms with Crippen molar-refractivity contribution < 1.29 is 19.1 Å². The quantitative estimate of drug-likeness (QED) is 0.941. The Kier molecular flexibility index (Phi) is 3.64. The molecule has 5 heteroatoms. The highest BCUT2D eigenvalue weighted by Gasteiger charge is 2.23. The maximum atomic E-state index is 12.3. The molecule has 0 saturated heterocycles. The summed E-state index contributed by atoms with van der Waals surface area (Å²) in [6.45, 7) is 1.50. The smallest absolute Gasteiger partial charge is 0.326 e. The molecule has 116 valence electrons. The third-order valence-corrected chi connectivity index (χ3v) is 4.54. The van der Waals surface area contributed by atoms with E-state index in [0.29, 0.717) is 0 Å². The molecule has 1 unspecified atom stereocenters. The Balaban J connectivity index is 1.85. The number of aliphatic carboxylic acids is 1. The molecule has 1 N–H and O–H groups in total. The van der Waals surface area contributed by atoms with Crippen molar-refractivity contribution in [1.82, 2.24) is 4.90 Å². The van der Waals surface area contributed by atoms with E-state index in [1.54, 1.807) is 6.26 Å². The summed E-state index contributed by atoms with van der Waals surface area (Å²) < 4.78 is 5.58. The molecular weight excluding hydrogens is 282 g/mol. The Morgan fingerprint density at radius 2 is 2.00 bits per heavy atom. The van der Waals surface area contributed by atoms with Gasteiger partial charge in [0.2, 0.25) is 5.91 Å². The Morgan fingerprint density at radius 1 is 1.32 bits per heavy atom. The number of hydrogen-bond donors (Lipinski definition) is 1. The van der Waals surface area contributed by atoms with Crippen LogP contribution in [0.3, 0.4) is 0 Å². The number of fused-ring (bicyclic) bond motifs is 2. The first-order valence-electron chi connectivity index (χ1n) is 7.47. The zero-order chi connectivity index (χ0) is 15.9. The van der Waals surface area contributed by atoms with Crippen molar-refractivity contribution in [2.45, 2.75) is 38.6 Å². The molecular formula is C17H19NO4. The summed E-state index contributed by atoms with van der Waals surface area (Å²) in [6, 6.07) is 3.34. The number of likely N-dealkylation sites (N-methyl/N-ethyl adjacent to an activating group) is 1. The van der Waals surface area contributed by atoms with Crippen LogP contribution < -0.4 is 0 Å². The van der Waals surface area contributed by atoms with E-state index in [2.05, 4.69) is 12.1 Å². The number of aryl methyl sites for hydroxylation is 2. The van der Waals surface area contributed by atoms with Gasteiger partial charge in [-0.1, -0.05) is 0 Å². The first-order chi connectivity index (χ1) is 10.5. The van der Waals surface area contributed by atoms with Crippen LogP contribution in [0, 0.1) is 0 Å². The Morgan fingerprint density at radius 3 is 2.68 bits per heavy atom. The number of benzene rings is 1. The van der Waals surface area contributed by atoms with Gasteiger partial charge in [-0.25, -0.2) is 4.79 Å². The minimum atomic E-state index is -1.01.